The third-order valence-corrected chi connectivity index (χ3v) is 5.07. The maximum Gasteiger partial charge on any atom is 0.0949 e. The highest BCUT2D eigenvalue weighted by molar-refractivity contribution is 5.85. The molecule has 0 radical (unpaired) electrons. The van der Waals surface area contributed by atoms with Crippen molar-refractivity contribution in [2.45, 2.75) is 116 Å². The Bertz CT molecular complexity index is 368. The van der Waals surface area contributed by atoms with Gasteiger partial charge in [-0.2, -0.15) is 0 Å². The van der Waals surface area contributed by atoms with Crippen LogP contribution in [-0.4, -0.2) is 20.8 Å². The van der Waals surface area contributed by atoms with Gasteiger partial charge in [-0.1, -0.05) is 90.4 Å². The summed E-state index contributed by atoms with van der Waals surface area (Å²) in [6.07, 6.45) is 24.3. The van der Waals surface area contributed by atoms with E-state index >= 15 is 0 Å². The van der Waals surface area contributed by atoms with Gasteiger partial charge in [-0.3, -0.25) is 0 Å². The number of rotatable bonds is 16. The van der Waals surface area contributed by atoms with E-state index in [0.717, 1.165) is 6.42 Å². The molecule has 25 heavy (non-hydrogen) atoms. The van der Waals surface area contributed by atoms with E-state index in [2.05, 4.69) is 11.9 Å². The Morgan fingerprint density at radius 1 is 0.840 bits per heavy atom. The van der Waals surface area contributed by atoms with Crippen LogP contribution in [0.5, 0.6) is 0 Å². The molecule has 1 aromatic heterocycles. The van der Waals surface area contributed by atoms with Crippen LogP contribution in [0.3, 0.4) is 0 Å². The summed E-state index contributed by atoms with van der Waals surface area (Å²) in [7, 11) is 0. The van der Waals surface area contributed by atoms with E-state index in [9.17, 15) is 5.11 Å². The average Bonchev–Trinajstić information content (AvgIpc) is 3.09. The van der Waals surface area contributed by atoms with Gasteiger partial charge >= 0.3 is 0 Å². The van der Waals surface area contributed by atoms with Crippen molar-refractivity contribution in [1.29, 1.82) is 0 Å². The van der Waals surface area contributed by atoms with Gasteiger partial charge in [0.15, 0.2) is 0 Å². The molecule has 0 fully saturated rings. The van der Waals surface area contributed by atoms with E-state index in [1.54, 1.807) is 6.20 Å². The number of unbranched alkanes of at least 4 members (excludes halogenated alkanes) is 12. The first-order valence-electron chi connectivity index (χ1n) is 10.4. The van der Waals surface area contributed by atoms with Gasteiger partial charge in [-0.25, -0.2) is 4.98 Å². The monoisotopic (exact) mass is 372 g/mol. The van der Waals surface area contributed by atoms with E-state index in [4.69, 9.17) is 0 Å². The van der Waals surface area contributed by atoms with Crippen molar-refractivity contribution in [1.82, 2.24) is 9.55 Å². The van der Waals surface area contributed by atoms with Crippen LogP contribution in [0.2, 0.25) is 0 Å². The third-order valence-electron chi connectivity index (χ3n) is 5.07. The molecule has 0 spiro atoms. The van der Waals surface area contributed by atoms with E-state index in [1.165, 1.54) is 83.5 Å². The van der Waals surface area contributed by atoms with Crippen molar-refractivity contribution in [3.63, 3.8) is 0 Å². The smallest absolute Gasteiger partial charge is 0.0949 e. The number of imidazole rings is 1. The highest BCUT2D eigenvalue weighted by Crippen LogP contribution is 2.20. The predicted molar refractivity (Wildman–Crippen MR) is 111 cm³/mol. The zero-order valence-corrected chi connectivity index (χ0v) is 17.4. The van der Waals surface area contributed by atoms with E-state index < -0.39 is 0 Å². The minimum Gasteiger partial charge on any atom is -0.391 e. The molecule has 148 valence electrons. The summed E-state index contributed by atoms with van der Waals surface area (Å²) in [5, 5.41) is 9.93. The molecule has 0 aliphatic rings. The van der Waals surface area contributed by atoms with Crippen molar-refractivity contribution in [2.75, 3.05) is 0 Å². The van der Waals surface area contributed by atoms with Crippen LogP contribution >= 0.6 is 12.4 Å². The Labute approximate surface area is 162 Å². The van der Waals surface area contributed by atoms with Crippen molar-refractivity contribution in [3.05, 3.63) is 18.7 Å². The van der Waals surface area contributed by atoms with Crippen LogP contribution in [-0.2, 0) is 0 Å². The summed E-state index contributed by atoms with van der Waals surface area (Å²) >= 11 is 0. The van der Waals surface area contributed by atoms with Gasteiger partial charge in [0.05, 0.1) is 18.5 Å². The van der Waals surface area contributed by atoms with Gasteiger partial charge < -0.3 is 9.67 Å². The molecule has 4 heteroatoms. The summed E-state index contributed by atoms with van der Waals surface area (Å²) < 4.78 is 2.05. The van der Waals surface area contributed by atoms with Crippen LogP contribution in [0.25, 0.3) is 0 Å². The molecule has 0 aliphatic carbocycles. The number of aliphatic hydroxyl groups excluding tert-OH is 1. The summed E-state index contributed by atoms with van der Waals surface area (Å²) in [5.74, 6) is 0. The van der Waals surface area contributed by atoms with Crippen molar-refractivity contribution < 1.29 is 5.11 Å². The second-order valence-corrected chi connectivity index (χ2v) is 7.35. The second-order valence-electron chi connectivity index (χ2n) is 7.35. The first-order valence-corrected chi connectivity index (χ1v) is 10.4. The van der Waals surface area contributed by atoms with Gasteiger partial charge in [-0.05, 0) is 13.3 Å². The highest BCUT2D eigenvalue weighted by atomic mass is 35.5. The molecule has 0 aromatic carbocycles. The predicted octanol–water partition coefficient (Wildman–Crippen LogP) is 6.71. The SMILES string of the molecule is CCCCCCCCCCCCCCCC(C(C)O)n1ccnc1.Cl. The second kappa shape index (κ2) is 16.9. The lowest BCUT2D eigenvalue weighted by Crippen LogP contribution is -2.20. The van der Waals surface area contributed by atoms with Gasteiger partial charge in [0.25, 0.3) is 0 Å². The maximum absolute atomic E-state index is 9.93. The number of hydrogen-bond acceptors (Lipinski definition) is 2. The molecule has 1 N–H and O–H groups in total. The molecule has 0 saturated carbocycles. The lowest BCUT2D eigenvalue weighted by Gasteiger charge is -2.21. The minimum absolute atomic E-state index is 0. The van der Waals surface area contributed by atoms with Crippen LogP contribution in [0.1, 0.15) is 110 Å². The molecule has 1 aromatic rings. The van der Waals surface area contributed by atoms with Crippen LogP contribution in [0, 0.1) is 0 Å². The Kier molecular flexibility index (Phi) is 16.5. The Hall–Kier alpha value is -0.540. The van der Waals surface area contributed by atoms with Gasteiger partial charge in [0.2, 0.25) is 0 Å². The highest BCUT2D eigenvalue weighted by Gasteiger charge is 2.15. The number of aliphatic hydroxyl groups is 1. The number of halogens is 1. The normalized spacial score (nSPS) is 13.4. The summed E-state index contributed by atoms with van der Waals surface area (Å²) in [6.45, 7) is 4.16. The zero-order valence-electron chi connectivity index (χ0n) is 16.5. The lowest BCUT2D eigenvalue weighted by atomic mass is 10.0. The molecule has 0 amide bonds. The molecule has 0 aliphatic heterocycles. The fraction of sp³-hybridized carbons (Fsp3) is 0.857. The Morgan fingerprint density at radius 3 is 1.72 bits per heavy atom. The van der Waals surface area contributed by atoms with Crippen LogP contribution < -0.4 is 0 Å². The third kappa shape index (κ3) is 12.4. The van der Waals surface area contributed by atoms with Gasteiger partial charge in [0, 0.05) is 12.4 Å². The van der Waals surface area contributed by atoms with E-state index in [1.807, 2.05) is 24.0 Å². The quantitative estimate of drug-likeness (QED) is 0.327. The van der Waals surface area contributed by atoms with Crippen molar-refractivity contribution in [2.24, 2.45) is 0 Å². The Morgan fingerprint density at radius 2 is 1.32 bits per heavy atom. The van der Waals surface area contributed by atoms with Crippen molar-refractivity contribution >= 4 is 12.4 Å². The van der Waals surface area contributed by atoms with Gasteiger partial charge in [-0.15, -0.1) is 12.4 Å². The van der Waals surface area contributed by atoms with E-state index in [-0.39, 0.29) is 24.6 Å². The molecule has 1 heterocycles. The number of aromatic nitrogens is 2. The molecule has 3 nitrogen and oxygen atoms in total. The first kappa shape index (κ1) is 24.5. The molecule has 2 atom stereocenters. The molecular formula is C21H41ClN2O. The molecule has 0 bridgehead atoms. The molecular weight excluding hydrogens is 332 g/mol. The van der Waals surface area contributed by atoms with E-state index in [0.29, 0.717) is 0 Å². The summed E-state index contributed by atoms with van der Waals surface area (Å²) in [4.78, 5) is 4.09. The fourth-order valence-corrected chi connectivity index (χ4v) is 3.48. The number of hydrogen-bond donors (Lipinski definition) is 1. The summed E-state index contributed by atoms with van der Waals surface area (Å²) in [5.41, 5.74) is 0. The topological polar surface area (TPSA) is 38.0 Å². The molecule has 1 rings (SSSR count). The molecule has 0 saturated heterocycles. The average molecular weight is 373 g/mol. The lowest BCUT2D eigenvalue weighted by molar-refractivity contribution is 0.122. The zero-order chi connectivity index (χ0) is 17.5. The Balaban J connectivity index is 0.00000576. The van der Waals surface area contributed by atoms with Crippen LogP contribution in [0.4, 0.5) is 0 Å². The standard InChI is InChI=1S/C21H40N2O.ClH/c1-3-4-5-6-7-8-9-10-11-12-13-14-15-16-21(20(2)24)23-18-17-22-19-23;/h17-21,24H,3-16H2,1-2H3;1H. The van der Waals surface area contributed by atoms with Gasteiger partial charge in [0.1, 0.15) is 0 Å². The van der Waals surface area contributed by atoms with Crippen LogP contribution in [0.15, 0.2) is 18.7 Å². The fourth-order valence-electron chi connectivity index (χ4n) is 3.48. The largest absolute Gasteiger partial charge is 0.391 e. The molecule has 2 unspecified atom stereocenters. The van der Waals surface area contributed by atoms with Crippen molar-refractivity contribution in [3.8, 4) is 0 Å². The maximum atomic E-state index is 9.93. The number of nitrogens with zero attached hydrogens (tertiary/aromatic N) is 2. The minimum atomic E-state index is -0.309. The first-order chi connectivity index (χ1) is 11.8. The summed E-state index contributed by atoms with van der Waals surface area (Å²) in [6, 6.07) is 0.181.